The van der Waals surface area contributed by atoms with Crippen molar-refractivity contribution in [3.63, 3.8) is 0 Å². The Morgan fingerprint density at radius 2 is 2.14 bits per heavy atom. The van der Waals surface area contributed by atoms with Crippen LogP contribution in [0.3, 0.4) is 0 Å². The quantitative estimate of drug-likeness (QED) is 0.796. The Morgan fingerprint density at radius 1 is 1.38 bits per heavy atom. The van der Waals surface area contributed by atoms with Crippen LogP contribution in [0.15, 0.2) is 24.3 Å². The molecule has 1 aromatic heterocycles. The van der Waals surface area contributed by atoms with Gasteiger partial charge in [0.2, 0.25) is 0 Å². The van der Waals surface area contributed by atoms with Gasteiger partial charge in [0.1, 0.15) is 11.9 Å². The van der Waals surface area contributed by atoms with Crippen molar-refractivity contribution in [2.24, 2.45) is 0 Å². The highest BCUT2D eigenvalue weighted by atomic mass is 16.5. The lowest BCUT2D eigenvalue weighted by molar-refractivity contribution is -0.145. The molecule has 0 fully saturated rings. The predicted octanol–water partition coefficient (Wildman–Crippen LogP) is 2.49. The van der Waals surface area contributed by atoms with E-state index >= 15 is 0 Å². The molecular weight excluding hydrogens is 266 g/mol. The third-order valence-electron chi connectivity index (χ3n) is 3.39. The van der Waals surface area contributed by atoms with Crippen molar-refractivity contribution < 1.29 is 9.53 Å². The van der Waals surface area contributed by atoms with Crippen LogP contribution in [0.2, 0.25) is 0 Å². The molecule has 0 radical (unpaired) electrons. The Hall–Kier alpha value is -1.88. The van der Waals surface area contributed by atoms with Crippen molar-refractivity contribution in [3.05, 3.63) is 30.1 Å². The number of aromatic nitrogens is 2. The zero-order chi connectivity index (χ0) is 15.2. The summed E-state index contributed by atoms with van der Waals surface area (Å²) in [6.07, 6.45) is 1.04. The molecule has 2 aromatic rings. The number of hydrogen-bond donors (Lipinski definition) is 1. The van der Waals surface area contributed by atoms with Crippen LogP contribution in [-0.4, -0.2) is 28.2 Å². The van der Waals surface area contributed by atoms with Gasteiger partial charge in [-0.3, -0.25) is 10.1 Å². The van der Waals surface area contributed by atoms with Crippen LogP contribution in [0.5, 0.6) is 0 Å². The van der Waals surface area contributed by atoms with Crippen LogP contribution >= 0.6 is 0 Å². The van der Waals surface area contributed by atoms with E-state index in [2.05, 4.69) is 27.9 Å². The summed E-state index contributed by atoms with van der Waals surface area (Å²) in [4.78, 5) is 16.3. The van der Waals surface area contributed by atoms with E-state index in [0.717, 1.165) is 29.8 Å². The van der Waals surface area contributed by atoms with Crippen molar-refractivity contribution in [2.45, 2.75) is 46.3 Å². The third kappa shape index (κ3) is 3.61. The van der Waals surface area contributed by atoms with E-state index in [4.69, 9.17) is 4.74 Å². The number of benzene rings is 1. The van der Waals surface area contributed by atoms with E-state index in [0.29, 0.717) is 13.2 Å². The van der Waals surface area contributed by atoms with Crippen molar-refractivity contribution in [2.75, 3.05) is 6.61 Å². The van der Waals surface area contributed by atoms with Crippen LogP contribution in [0, 0.1) is 0 Å². The Labute approximate surface area is 125 Å². The van der Waals surface area contributed by atoms with E-state index in [1.54, 1.807) is 0 Å². The molecule has 0 amide bonds. The molecule has 0 aliphatic heterocycles. The van der Waals surface area contributed by atoms with Crippen LogP contribution < -0.4 is 5.32 Å². The summed E-state index contributed by atoms with van der Waals surface area (Å²) in [5.41, 5.74) is 2.13. The molecule has 21 heavy (non-hydrogen) atoms. The summed E-state index contributed by atoms with van der Waals surface area (Å²) >= 11 is 0. The maximum Gasteiger partial charge on any atom is 0.322 e. The lowest BCUT2D eigenvalue weighted by atomic mass is 10.3. The fourth-order valence-corrected chi connectivity index (χ4v) is 2.33. The molecule has 5 heteroatoms. The van der Waals surface area contributed by atoms with E-state index in [1.165, 1.54) is 0 Å². The lowest BCUT2D eigenvalue weighted by Gasteiger charge is -2.13. The number of fused-ring (bicyclic) bond motifs is 1. The fourth-order valence-electron chi connectivity index (χ4n) is 2.33. The summed E-state index contributed by atoms with van der Waals surface area (Å²) < 4.78 is 7.21. The first kappa shape index (κ1) is 15.5. The van der Waals surface area contributed by atoms with Crippen molar-refractivity contribution in [1.29, 1.82) is 0 Å². The van der Waals surface area contributed by atoms with Crippen molar-refractivity contribution in [1.82, 2.24) is 14.9 Å². The zero-order valence-corrected chi connectivity index (χ0v) is 12.9. The normalized spacial score (nSPS) is 12.5. The summed E-state index contributed by atoms with van der Waals surface area (Å²) in [7, 11) is 0. The second-order valence-corrected chi connectivity index (χ2v) is 5.02. The number of esters is 1. The highest BCUT2D eigenvalue weighted by Gasteiger charge is 2.15. The fraction of sp³-hybridized carbons (Fsp3) is 0.500. The van der Waals surface area contributed by atoms with Crippen LogP contribution in [0.25, 0.3) is 11.0 Å². The summed E-state index contributed by atoms with van der Waals surface area (Å²) in [6.45, 7) is 7.64. The molecule has 2 rings (SSSR count). The molecule has 0 aliphatic rings. The van der Waals surface area contributed by atoms with E-state index in [-0.39, 0.29) is 12.0 Å². The number of carbonyl (C=O) groups is 1. The van der Waals surface area contributed by atoms with Crippen molar-refractivity contribution in [3.8, 4) is 0 Å². The SMILES string of the molecule is CCCn1c(CNC(C)C(=O)OCC)nc2ccccc21. The Balaban J connectivity index is 2.14. The van der Waals surface area contributed by atoms with Crippen molar-refractivity contribution >= 4 is 17.0 Å². The van der Waals surface area contributed by atoms with Gasteiger partial charge >= 0.3 is 5.97 Å². The molecule has 1 atom stereocenters. The van der Waals surface area contributed by atoms with E-state index in [1.807, 2.05) is 32.0 Å². The van der Waals surface area contributed by atoms with Gasteiger partial charge in [0, 0.05) is 6.54 Å². The molecule has 114 valence electrons. The molecule has 5 nitrogen and oxygen atoms in total. The van der Waals surface area contributed by atoms with E-state index in [9.17, 15) is 4.79 Å². The maximum absolute atomic E-state index is 11.6. The smallest absolute Gasteiger partial charge is 0.322 e. The minimum atomic E-state index is -0.333. The number of carbonyl (C=O) groups excluding carboxylic acids is 1. The number of imidazole rings is 1. The first-order valence-electron chi connectivity index (χ1n) is 7.51. The molecule has 0 saturated heterocycles. The van der Waals surface area contributed by atoms with Gasteiger partial charge in [0.05, 0.1) is 24.2 Å². The highest BCUT2D eigenvalue weighted by molar-refractivity contribution is 5.76. The first-order chi connectivity index (χ1) is 10.2. The number of rotatable bonds is 7. The standard InChI is InChI=1S/C16H23N3O2/c1-4-10-19-14-9-7-6-8-13(14)18-15(19)11-17-12(3)16(20)21-5-2/h6-9,12,17H,4-5,10-11H2,1-3H3. The van der Waals surface area contributed by atoms with Gasteiger partial charge in [0.15, 0.2) is 0 Å². The molecule has 1 aromatic carbocycles. The predicted molar refractivity (Wildman–Crippen MR) is 83.0 cm³/mol. The number of nitrogens with one attached hydrogen (secondary N) is 1. The maximum atomic E-state index is 11.6. The van der Waals surface area contributed by atoms with Gasteiger partial charge in [-0.25, -0.2) is 4.98 Å². The zero-order valence-electron chi connectivity index (χ0n) is 12.9. The van der Waals surface area contributed by atoms with Gasteiger partial charge in [0.25, 0.3) is 0 Å². The van der Waals surface area contributed by atoms with Gasteiger partial charge in [-0.1, -0.05) is 19.1 Å². The second kappa shape index (κ2) is 7.22. The number of nitrogens with zero attached hydrogens (tertiary/aromatic N) is 2. The largest absolute Gasteiger partial charge is 0.465 e. The van der Waals surface area contributed by atoms with Gasteiger partial charge in [-0.2, -0.15) is 0 Å². The highest BCUT2D eigenvalue weighted by Crippen LogP contribution is 2.16. The topological polar surface area (TPSA) is 56.2 Å². The number of para-hydroxylation sites is 2. The second-order valence-electron chi connectivity index (χ2n) is 5.02. The van der Waals surface area contributed by atoms with Gasteiger partial charge in [-0.05, 0) is 32.4 Å². The van der Waals surface area contributed by atoms with Crippen LogP contribution in [-0.2, 0) is 22.6 Å². The molecule has 0 aliphatic carbocycles. The molecule has 1 heterocycles. The Kier molecular flexibility index (Phi) is 5.33. The summed E-state index contributed by atoms with van der Waals surface area (Å²) in [6, 6.07) is 7.77. The molecular formula is C16H23N3O2. The summed E-state index contributed by atoms with van der Waals surface area (Å²) in [5.74, 6) is 0.727. The van der Waals surface area contributed by atoms with Gasteiger partial charge in [-0.15, -0.1) is 0 Å². The minimum Gasteiger partial charge on any atom is -0.465 e. The average Bonchev–Trinajstić information content (AvgIpc) is 2.83. The summed E-state index contributed by atoms with van der Waals surface area (Å²) in [5, 5.41) is 3.19. The Bertz CT molecular complexity index is 607. The molecule has 0 spiro atoms. The number of hydrogen-bond acceptors (Lipinski definition) is 4. The first-order valence-corrected chi connectivity index (χ1v) is 7.51. The molecule has 1 unspecified atom stereocenters. The minimum absolute atomic E-state index is 0.226. The lowest BCUT2D eigenvalue weighted by Crippen LogP contribution is -2.35. The molecule has 1 N–H and O–H groups in total. The monoisotopic (exact) mass is 289 g/mol. The average molecular weight is 289 g/mol. The molecule has 0 bridgehead atoms. The van der Waals surface area contributed by atoms with Gasteiger partial charge < -0.3 is 9.30 Å². The third-order valence-corrected chi connectivity index (χ3v) is 3.39. The number of ether oxygens (including phenoxy) is 1. The van der Waals surface area contributed by atoms with Crippen LogP contribution in [0.1, 0.15) is 33.0 Å². The van der Waals surface area contributed by atoms with E-state index < -0.39 is 0 Å². The number of aryl methyl sites for hydroxylation is 1. The molecule has 0 saturated carbocycles. The Morgan fingerprint density at radius 3 is 2.86 bits per heavy atom. The van der Waals surface area contributed by atoms with Crippen LogP contribution in [0.4, 0.5) is 0 Å².